The van der Waals surface area contributed by atoms with Gasteiger partial charge in [0.1, 0.15) is 19.5 Å². The van der Waals surface area contributed by atoms with Crippen molar-refractivity contribution in [2.24, 2.45) is 5.73 Å². The standard InChI is InChI=1S/C13H11N3O6.C10H10N2O6.C4H8O2/c1-21-12(17)9-2-3-11(16(19)20)10(6-9)7-22-13(18)15-5-4-14-8-15;1-17-9(13)6-2-3-8(12(15)16)7(4-6)5-18-10(11)14;5-4-2-1-3-6-4/h2-6,8H,7H2,1H3;2-4H,5H2,1H3,(H2,11,14);4-5H,1-3H2. The maximum atomic E-state index is 11.7. The van der Waals surface area contributed by atoms with Crippen molar-refractivity contribution in [3.05, 3.63) is 97.6 Å². The average molecular weight is 648 g/mol. The van der Waals surface area contributed by atoms with Gasteiger partial charge in [0.05, 0.1) is 46.3 Å². The number of hydrogen-bond donors (Lipinski definition) is 2. The van der Waals surface area contributed by atoms with Gasteiger partial charge in [0, 0.05) is 37.6 Å². The molecule has 46 heavy (non-hydrogen) atoms. The molecule has 2 heterocycles. The number of primary amides is 1. The van der Waals surface area contributed by atoms with Crippen molar-refractivity contribution >= 4 is 35.5 Å². The lowest BCUT2D eigenvalue weighted by Crippen LogP contribution is -2.13. The Morgan fingerprint density at radius 2 is 1.48 bits per heavy atom. The van der Waals surface area contributed by atoms with Gasteiger partial charge < -0.3 is 34.5 Å². The molecule has 246 valence electrons. The first kappa shape index (κ1) is 36.2. The molecule has 1 amide bonds. The Morgan fingerprint density at radius 1 is 0.957 bits per heavy atom. The van der Waals surface area contributed by atoms with Gasteiger partial charge in [-0.25, -0.2) is 28.7 Å². The minimum Gasteiger partial charge on any atom is -0.465 e. The molecular formula is C27H29N5O14. The van der Waals surface area contributed by atoms with Crippen molar-refractivity contribution < 1.29 is 57.8 Å². The van der Waals surface area contributed by atoms with Crippen molar-refractivity contribution in [3.63, 3.8) is 0 Å². The fraction of sp³-hybridized carbons (Fsp3) is 0.296. The number of aromatic nitrogens is 2. The lowest BCUT2D eigenvalue weighted by Gasteiger charge is -2.07. The van der Waals surface area contributed by atoms with E-state index in [4.69, 9.17) is 20.3 Å². The highest BCUT2D eigenvalue weighted by Crippen LogP contribution is 2.23. The van der Waals surface area contributed by atoms with E-state index in [1.165, 1.54) is 57.2 Å². The number of nitro groups is 2. The third-order valence-electron chi connectivity index (χ3n) is 5.74. The highest BCUT2D eigenvalue weighted by molar-refractivity contribution is 5.90. The molecule has 0 saturated carbocycles. The number of benzene rings is 2. The predicted octanol–water partition coefficient (Wildman–Crippen LogP) is 2.85. The van der Waals surface area contributed by atoms with Crippen LogP contribution < -0.4 is 5.73 Å². The second kappa shape index (κ2) is 18.0. The number of rotatable bonds is 8. The zero-order chi connectivity index (χ0) is 34.2. The Bertz CT molecular complexity index is 1540. The zero-order valence-electron chi connectivity index (χ0n) is 24.4. The topological polar surface area (TPSA) is 265 Å². The molecular weight excluding hydrogens is 618 g/mol. The molecule has 1 aliphatic rings. The first-order valence-electron chi connectivity index (χ1n) is 13.0. The molecule has 1 saturated heterocycles. The van der Waals surface area contributed by atoms with Crippen LogP contribution >= 0.6 is 0 Å². The van der Waals surface area contributed by atoms with Crippen molar-refractivity contribution in [1.29, 1.82) is 0 Å². The zero-order valence-corrected chi connectivity index (χ0v) is 24.4. The molecule has 0 radical (unpaired) electrons. The normalized spacial score (nSPS) is 13.1. The Morgan fingerprint density at radius 3 is 1.83 bits per heavy atom. The highest BCUT2D eigenvalue weighted by atomic mass is 16.6. The number of esters is 2. The van der Waals surface area contributed by atoms with E-state index in [0.29, 0.717) is 0 Å². The molecule has 1 fully saturated rings. The summed E-state index contributed by atoms with van der Waals surface area (Å²) in [5, 5.41) is 30.2. The van der Waals surface area contributed by atoms with Crippen LogP contribution in [-0.4, -0.2) is 75.7 Å². The van der Waals surface area contributed by atoms with Gasteiger partial charge in [-0.2, -0.15) is 0 Å². The summed E-state index contributed by atoms with van der Waals surface area (Å²) in [4.78, 5) is 69.0. The van der Waals surface area contributed by atoms with Gasteiger partial charge in [-0.05, 0) is 30.7 Å². The molecule has 1 aromatic heterocycles. The van der Waals surface area contributed by atoms with E-state index in [2.05, 4.69) is 19.2 Å². The summed E-state index contributed by atoms with van der Waals surface area (Å²) in [5.41, 5.74) is 4.62. The van der Waals surface area contributed by atoms with E-state index >= 15 is 0 Å². The number of carbonyl (C=O) groups is 4. The summed E-state index contributed by atoms with van der Waals surface area (Å²) in [7, 11) is 2.38. The summed E-state index contributed by atoms with van der Waals surface area (Å²) >= 11 is 0. The van der Waals surface area contributed by atoms with Crippen molar-refractivity contribution in [2.45, 2.75) is 32.3 Å². The summed E-state index contributed by atoms with van der Waals surface area (Å²) in [5.74, 6) is -1.29. The van der Waals surface area contributed by atoms with E-state index in [1.807, 2.05) is 0 Å². The third kappa shape index (κ3) is 11.3. The fourth-order valence-electron chi connectivity index (χ4n) is 3.54. The van der Waals surface area contributed by atoms with Gasteiger partial charge in [-0.1, -0.05) is 0 Å². The van der Waals surface area contributed by atoms with Gasteiger partial charge >= 0.3 is 24.1 Å². The van der Waals surface area contributed by atoms with Crippen LogP contribution in [0.1, 0.15) is 44.7 Å². The summed E-state index contributed by atoms with van der Waals surface area (Å²) in [6.45, 7) is -0.0180. The summed E-state index contributed by atoms with van der Waals surface area (Å²) < 4.78 is 24.2. The number of aliphatic hydroxyl groups excluding tert-OH is 1. The third-order valence-corrected chi connectivity index (χ3v) is 5.74. The predicted molar refractivity (Wildman–Crippen MR) is 152 cm³/mol. The van der Waals surface area contributed by atoms with Crippen molar-refractivity contribution in [1.82, 2.24) is 9.55 Å². The van der Waals surface area contributed by atoms with E-state index in [1.54, 1.807) is 0 Å². The van der Waals surface area contributed by atoms with E-state index in [-0.39, 0.29) is 40.2 Å². The molecule has 0 bridgehead atoms. The molecule has 1 unspecified atom stereocenters. The largest absolute Gasteiger partial charge is 0.465 e. The molecule has 4 rings (SSSR count). The number of aliphatic hydroxyl groups is 1. The van der Waals surface area contributed by atoms with E-state index < -0.39 is 46.9 Å². The number of nitrogens with two attached hydrogens (primary N) is 1. The SMILES string of the molecule is COC(=O)c1ccc([N+](=O)[O-])c(COC(=O)n2ccnc2)c1.COC(=O)c1ccc([N+](=O)[O-])c(COC(N)=O)c1.OC1CCCO1. The Hall–Kier alpha value is -5.95. The molecule has 0 aliphatic carbocycles. The number of nitrogens with zero attached hydrogens (tertiary/aromatic N) is 4. The van der Waals surface area contributed by atoms with Gasteiger partial charge in [-0.15, -0.1) is 0 Å². The monoisotopic (exact) mass is 647 g/mol. The first-order chi connectivity index (χ1) is 21.9. The number of methoxy groups -OCH3 is 2. The number of hydrogen-bond acceptors (Lipinski definition) is 15. The second-order valence-electron chi connectivity index (χ2n) is 8.78. The van der Waals surface area contributed by atoms with Crippen LogP contribution in [0.2, 0.25) is 0 Å². The summed E-state index contributed by atoms with van der Waals surface area (Å²) in [6.07, 6.45) is 3.58. The molecule has 2 aromatic carbocycles. The first-order valence-corrected chi connectivity index (χ1v) is 13.0. The van der Waals surface area contributed by atoms with Crippen LogP contribution in [0.3, 0.4) is 0 Å². The lowest BCUT2D eigenvalue weighted by atomic mass is 10.1. The fourth-order valence-corrected chi connectivity index (χ4v) is 3.54. The maximum absolute atomic E-state index is 11.7. The minimum atomic E-state index is -1.06. The molecule has 1 aliphatic heterocycles. The van der Waals surface area contributed by atoms with Crippen molar-refractivity contribution in [2.75, 3.05) is 20.8 Å². The molecule has 1 atom stereocenters. The van der Waals surface area contributed by atoms with Gasteiger partial charge in [0.25, 0.3) is 11.4 Å². The molecule has 3 aromatic rings. The second-order valence-corrected chi connectivity index (χ2v) is 8.78. The molecule has 19 nitrogen and oxygen atoms in total. The number of amides is 1. The number of imidazole rings is 1. The lowest BCUT2D eigenvalue weighted by molar-refractivity contribution is -0.386. The van der Waals surface area contributed by atoms with Crippen LogP contribution in [0.25, 0.3) is 0 Å². The van der Waals surface area contributed by atoms with Crippen LogP contribution in [-0.2, 0) is 36.9 Å². The highest BCUT2D eigenvalue weighted by Gasteiger charge is 2.20. The maximum Gasteiger partial charge on any atom is 0.419 e. The Balaban J connectivity index is 0.000000274. The average Bonchev–Trinajstić information content (AvgIpc) is 3.76. The number of nitro benzene ring substituents is 2. The van der Waals surface area contributed by atoms with Crippen LogP contribution in [0.15, 0.2) is 55.1 Å². The van der Waals surface area contributed by atoms with Gasteiger partial charge in [0.15, 0.2) is 6.29 Å². The van der Waals surface area contributed by atoms with E-state index in [0.717, 1.165) is 36.1 Å². The van der Waals surface area contributed by atoms with Crippen LogP contribution in [0, 0.1) is 20.2 Å². The van der Waals surface area contributed by atoms with Crippen LogP contribution in [0.4, 0.5) is 21.0 Å². The van der Waals surface area contributed by atoms with E-state index in [9.17, 15) is 39.4 Å². The molecule has 0 spiro atoms. The molecule has 3 N–H and O–H groups in total. The summed E-state index contributed by atoms with van der Waals surface area (Å²) in [6, 6.07) is 7.28. The Kier molecular flexibility index (Phi) is 14.2. The quantitative estimate of drug-likeness (QED) is 0.154. The minimum absolute atomic E-state index is 0.0571. The smallest absolute Gasteiger partial charge is 0.419 e. The van der Waals surface area contributed by atoms with Crippen LogP contribution in [0.5, 0.6) is 0 Å². The molecule has 19 heteroatoms. The number of carbonyl (C=O) groups excluding carboxylic acids is 4. The van der Waals surface area contributed by atoms with Crippen molar-refractivity contribution in [3.8, 4) is 0 Å². The van der Waals surface area contributed by atoms with Gasteiger partial charge in [-0.3, -0.25) is 20.2 Å². The van der Waals surface area contributed by atoms with Gasteiger partial charge in [0.2, 0.25) is 0 Å². The number of ether oxygens (including phenoxy) is 5. The Labute approximate surface area is 259 Å².